The zero-order chi connectivity index (χ0) is 24.8. The van der Waals surface area contributed by atoms with Crippen molar-refractivity contribution >= 4 is 15.7 Å². The van der Waals surface area contributed by atoms with Gasteiger partial charge in [-0.25, -0.2) is 8.42 Å². The number of piperazine rings is 1. The number of sulfonamides is 1. The molecule has 1 fully saturated rings. The highest BCUT2D eigenvalue weighted by Crippen LogP contribution is 2.27. The largest absolute Gasteiger partial charge is 0.491 e. The van der Waals surface area contributed by atoms with Gasteiger partial charge in [0.15, 0.2) is 4.90 Å². The van der Waals surface area contributed by atoms with Crippen molar-refractivity contribution in [2.24, 2.45) is 0 Å². The third-order valence-corrected chi connectivity index (χ3v) is 7.83. The van der Waals surface area contributed by atoms with E-state index in [0.717, 1.165) is 11.1 Å². The van der Waals surface area contributed by atoms with Gasteiger partial charge in [-0.3, -0.25) is 15.0 Å². The second-order valence-corrected chi connectivity index (χ2v) is 10.2. The normalized spacial score (nSPS) is 16.0. The Morgan fingerprint density at radius 1 is 0.886 bits per heavy atom. The van der Waals surface area contributed by atoms with Gasteiger partial charge < -0.3 is 9.84 Å². The molecule has 0 saturated carbocycles. The smallest absolute Gasteiger partial charge is 0.289 e. The first-order valence-electron chi connectivity index (χ1n) is 11.3. The number of aliphatic hydroxyl groups excluding tert-OH is 1. The van der Waals surface area contributed by atoms with E-state index in [1.807, 2.05) is 59.5 Å². The number of nitro groups is 1. The van der Waals surface area contributed by atoms with E-state index in [0.29, 0.717) is 25.4 Å². The Kier molecular flexibility index (Phi) is 7.76. The fraction of sp³-hybridized carbons (Fsp3) is 0.280. The summed E-state index contributed by atoms with van der Waals surface area (Å²) in [5.41, 5.74) is 1.76. The summed E-state index contributed by atoms with van der Waals surface area (Å²) < 4.78 is 32.9. The summed E-state index contributed by atoms with van der Waals surface area (Å²) in [7, 11) is -3.98. The van der Waals surface area contributed by atoms with Gasteiger partial charge >= 0.3 is 0 Å². The summed E-state index contributed by atoms with van der Waals surface area (Å²) in [6.07, 6.45) is -0.748. The van der Waals surface area contributed by atoms with Gasteiger partial charge in [0.1, 0.15) is 18.5 Å². The van der Waals surface area contributed by atoms with E-state index in [9.17, 15) is 23.6 Å². The number of para-hydroxylation sites is 1. The average Bonchev–Trinajstić information content (AvgIpc) is 2.88. The third-order valence-electron chi connectivity index (χ3n) is 5.88. The fourth-order valence-electron chi connectivity index (χ4n) is 4.04. The van der Waals surface area contributed by atoms with E-state index < -0.39 is 26.7 Å². The summed E-state index contributed by atoms with van der Waals surface area (Å²) in [6.45, 7) is 1.62. The molecule has 1 N–H and O–H groups in total. The molecule has 0 amide bonds. The number of β-amino-alcohol motifs (C(OH)–C–C–N with tert-alkyl or cyclic N) is 1. The molecular formula is C25H27N3O6S. The summed E-state index contributed by atoms with van der Waals surface area (Å²) in [5, 5.41) is 21.7. The molecule has 10 heteroatoms. The molecule has 1 aliphatic heterocycles. The summed E-state index contributed by atoms with van der Waals surface area (Å²) >= 11 is 0. The van der Waals surface area contributed by atoms with Crippen LogP contribution in [0, 0.1) is 10.1 Å². The molecule has 4 rings (SSSR count). The van der Waals surface area contributed by atoms with Gasteiger partial charge in [-0.2, -0.15) is 4.31 Å². The molecule has 1 heterocycles. The molecule has 0 bridgehead atoms. The van der Waals surface area contributed by atoms with Crippen LogP contribution in [-0.4, -0.2) is 73.1 Å². The SMILES string of the molecule is O=[N+]([O-])c1ccccc1S(=O)(=O)N1CCN(CC(O)COc2ccc(-c3ccccc3)cc2)CC1. The average molecular weight is 498 g/mol. The maximum absolute atomic E-state index is 12.9. The number of aliphatic hydroxyl groups is 1. The quantitative estimate of drug-likeness (QED) is 0.357. The Morgan fingerprint density at radius 2 is 1.49 bits per heavy atom. The van der Waals surface area contributed by atoms with Gasteiger partial charge in [-0.1, -0.05) is 54.6 Å². The molecule has 0 aliphatic carbocycles. The molecule has 1 atom stereocenters. The first kappa shape index (κ1) is 24.8. The summed E-state index contributed by atoms with van der Waals surface area (Å²) in [6, 6.07) is 23.0. The number of benzene rings is 3. The van der Waals surface area contributed by atoms with Gasteiger partial charge in [-0.15, -0.1) is 0 Å². The monoisotopic (exact) mass is 497 g/mol. The van der Waals surface area contributed by atoms with Crippen LogP contribution in [0.4, 0.5) is 5.69 Å². The Morgan fingerprint density at radius 3 is 2.14 bits per heavy atom. The minimum atomic E-state index is -3.98. The summed E-state index contributed by atoms with van der Waals surface area (Å²) in [4.78, 5) is 12.2. The Balaban J connectivity index is 1.26. The molecular weight excluding hydrogens is 470 g/mol. The zero-order valence-electron chi connectivity index (χ0n) is 19.1. The van der Waals surface area contributed by atoms with Crippen molar-refractivity contribution in [2.75, 3.05) is 39.3 Å². The molecule has 9 nitrogen and oxygen atoms in total. The third kappa shape index (κ3) is 6.04. The number of rotatable bonds is 9. The van der Waals surface area contributed by atoms with Gasteiger partial charge in [-0.05, 0) is 29.3 Å². The lowest BCUT2D eigenvalue weighted by Crippen LogP contribution is -2.50. The lowest BCUT2D eigenvalue weighted by Gasteiger charge is -2.34. The van der Waals surface area contributed by atoms with Crippen LogP contribution in [0.15, 0.2) is 83.8 Å². The van der Waals surface area contributed by atoms with Crippen LogP contribution in [0.2, 0.25) is 0 Å². The maximum Gasteiger partial charge on any atom is 0.289 e. The molecule has 1 saturated heterocycles. The first-order chi connectivity index (χ1) is 16.8. The van der Waals surface area contributed by atoms with Crippen LogP contribution in [0.3, 0.4) is 0 Å². The minimum absolute atomic E-state index is 0.111. The Hall–Kier alpha value is -3.31. The van der Waals surface area contributed by atoms with Crippen LogP contribution in [0.1, 0.15) is 0 Å². The highest BCUT2D eigenvalue weighted by Gasteiger charge is 2.33. The van der Waals surface area contributed by atoms with Crippen LogP contribution >= 0.6 is 0 Å². The number of hydrogen-bond acceptors (Lipinski definition) is 7. The van der Waals surface area contributed by atoms with E-state index in [2.05, 4.69) is 0 Å². The van der Waals surface area contributed by atoms with Gasteiger partial charge in [0.05, 0.1) is 4.92 Å². The van der Waals surface area contributed by atoms with Gasteiger partial charge in [0, 0.05) is 38.8 Å². The van der Waals surface area contributed by atoms with Gasteiger partial charge in [0.2, 0.25) is 10.0 Å². The van der Waals surface area contributed by atoms with Crippen LogP contribution in [0.25, 0.3) is 11.1 Å². The number of hydrogen-bond donors (Lipinski definition) is 1. The molecule has 184 valence electrons. The molecule has 0 spiro atoms. The highest BCUT2D eigenvalue weighted by atomic mass is 32.2. The van der Waals surface area contributed by atoms with E-state index in [-0.39, 0.29) is 24.6 Å². The summed E-state index contributed by atoms with van der Waals surface area (Å²) in [5.74, 6) is 0.657. The van der Waals surface area contributed by atoms with Crippen molar-refractivity contribution in [2.45, 2.75) is 11.0 Å². The fourth-order valence-corrected chi connectivity index (χ4v) is 5.61. The van der Waals surface area contributed by atoms with Gasteiger partial charge in [0.25, 0.3) is 5.69 Å². The first-order valence-corrected chi connectivity index (χ1v) is 12.7. The van der Waals surface area contributed by atoms with Crippen molar-refractivity contribution in [1.82, 2.24) is 9.21 Å². The predicted octanol–water partition coefficient (Wildman–Crippen LogP) is 3.01. The maximum atomic E-state index is 12.9. The molecule has 1 aliphatic rings. The van der Waals surface area contributed by atoms with Crippen molar-refractivity contribution in [3.05, 3.63) is 89.0 Å². The van der Waals surface area contributed by atoms with E-state index in [1.165, 1.54) is 28.6 Å². The van der Waals surface area contributed by atoms with Crippen molar-refractivity contribution in [3.63, 3.8) is 0 Å². The second kappa shape index (κ2) is 11.0. The van der Waals surface area contributed by atoms with Crippen molar-refractivity contribution < 1.29 is 23.2 Å². The predicted molar refractivity (Wildman–Crippen MR) is 132 cm³/mol. The van der Waals surface area contributed by atoms with Crippen LogP contribution in [0.5, 0.6) is 5.75 Å². The minimum Gasteiger partial charge on any atom is -0.491 e. The van der Waals surface area contributed by atoms with Crippen LogP contribution < -0.4 is 4.74 Å². The van der Waals surface area contributed by atoms with E-state index in [4.69, 9.17) is 4.74 Å². The number of nitro benzene ring substituents is 1. The molecule has 3 aromatic rings. The zero-order valence-corrected chi connectivity index (χ0v) is 19.9. The molecule has 1 unspecified atom stereocenters. The molecule has 35 heavy (non-hydrogen) atoms. The Labute approximate surface area is 204 Å². The Bertz CT molecular complexity index is 1240. The second-order valence-electron chi connectivity index (χ2n) is 8.28. The van der Waals surface area contributed by atoms with Crippen LogP contribution in [-0.2, 0) is 10.0 Å². The van der Waals surface area contributed by atoms with Crippen molar-refractivity contribution in [3.8, 4) is 16.9 Å². The highest BCUT2D eigenvalue weighted by molar-refractivity contribution is 7.89. The van der Waals surface area contributed by atoms with E-state index in [1.54, 1.807) is 0 Å². The lowest BCUT2D eigenvalue weighted by molar-refractivity contribution is -0.387. The molecule has 3 aromatic carbocycles. The topological polar surface area (TPSA) is 113 Å². The molecule has 0 radical (unpaired) electrons. The number of ether oxygens (including phenoxy) is 1. The van der Waals surface area contributed by atoms with Crippen molar-refractivity contribution in [1.29, 1.82) is 0 Å². The van der Waals surface area contributed by atoms with E-state index >= 15 is 0 Å². The standard InChI is InChI=1S/C25H27N3O6S/c29-22(19-34-23-12-10-21(11-13-23)20-6-2-1-3-7-20)18-26-14-16-27(17-15-26)35(32,33)25-9-5-4-8-24(25)28(30)31/h1-13,22,29H,14-19H2. The molecule has 0 aromatic heterocycles. The number of nitrogens with zero attached hydrogens (tertiary/aromatic N) is 3. The lowest BCUT2D eigenvalue weighted by atomic mass is 10.1.